The van der Waals surface area contributed by atoms with Gasteiger partial charge in [-0.15, -0.1) is 0 Å². The lowest BCUT2D eigenvalue weighted by Crippen LogP contribution is -2.53. The summed E-state index contributed by atoms with van der Waals surface area (Å²) in [5.74, 6) is -0.663. The first-order chi connectivity index (χ1) is 14.9. The van der Waals surface area contributed by atoms with Gasteiger partial charge in [0.05, 0.1) is 10.9 Å². The Kier molecular flexibility index (Phi) is 6.82. The lowest BCUT2D eigenvalue weighted by molar-refractivity contribution is -0.239. The average molecular weight is 490 g/mol. The Labute approximate surface area is 183 Å². The first-order valence-corrected chi connectivity index (χ1v) is 11.6. The van der Waals surface area contributed by atoms with Gasteiger partial charge in [-0.25, -0.2) is 8.42 Å². The maximum Gasteiger partial charge on any atom is 0.432 e. The van der Waals surface area contributed by atoms with E-state index in [1.807, 2.05) is 60.7 Å². The van der Waals surface area contributed by atoms with Crippen LogP contribution in [0.5, 0.6) is 5.75 Å². The Morgan fingerprint density at radius 3 is 1.50 bits per heavy atom. The van der Waals surface area contributed by atoms with Crippen LogP contribution in [0, 0.1) is 0 Å². The topological polar surface area (TPSA) is 66.4 Å². The minimum Gasteiger partial charge on any atom is -0.743 e. The zero-order valence-electron chi connectivity index (χ0n) is 16.0. The summed E-state index contributed by atoms with van der Waals surface area (Å²) >= 11 is 0. The van der Waals surface area contributed by atoms with E-state index >= 15 is 0 Å². The highest BCUT2D eigenvalue weighted by atomic mass is 32.2. The predicted molar refractivity (Wildman–Crippen MR) is 107 cm³/mol. The molecule has 32 heavy (non-hydrogen) atoms. The molecule has 0 bridgehead atoms. The van der Waals surface area contributed by atoms with Crippen molar-refractivity contribution in [3.8, 4) is 5.75 Å². The molecule has 0 fully saturated rings. The molecule has 0 N–H and O–H groups in total. The van der Waals surface area contributed by atoms with Gasteiger partial charge in [0, 0.05) is 0 Å². The molecule has 0 aliphatic rings. The smallest absolute Gasteiger partial charge is 0.432 e. The monoisotopic (exact) mass is 490 g/mol. The Morgan fingerprint density at radius 2 is 1.12 bits per heavy atom. The van der Waals surface area contributed by atoms with Crippen LogP contribution in [0.1, 0.15) is 0 Å². The molecule has 11 heteroatoms. The van der Waals surface area contributed by atoms with Crippen LogP contribution in [0.25, 0.3) is 0 Å². The first kappa shape index (κ1) is 24.0. The van der Waals surface area contributed by atoms with Crippen LogP contribution < -0.4 is 4.74 Å². The second-order valence-electron chi connectivity index (χ2n) is 6.46. The summed E-state index contributed by atoms with van der Waals surface area (Å²) in [4.78, 5) is 2.47. The standard InChI is InChI=1S/C21H15F5O4S2/c22-20(23,24)19(21(25,26)32(27,28)29)30-15-11-13-18(14-12-15)31(16-7-3-1-4-8-16)17-9-5-2-6-10-17/h1-14,19H. The average Bonchev–Trinajstić information content (AvgIpc) is 2.73. The van der Waals surface area contributed by atoms with E-state index in [1.54, 1.807) is 0 Å². The van der Waals surface area contributed by atoms with Gasteiger partial charge in [-0.05, 0) is 48.5 Å². The molecule has 0 aliphatic carbocycles. The van der Waals surface area contributed by atoms with Crippen LogP contribution in [0.2, 0.25) is 0 Å². The summed E-state index contributed by atoms with van der Waals surface area (Å²) in [6.07, 6.45) is -9.96. The largest absolute Gasteiger partial charge is 0.743 e. The second-order valence-corrected chi connectivity index (χ2v) is 9.94. The van der Waals surface area contributed by atoms with Crippen LogP contribution in [-0.4, -0.2) is 30.5 Å². The first-order valence-electron chi connectivity index (χ1n) is 8.92. The van der Waals surface area contributed by atoms with Crippen molar-refractivity contribution in [3.05, 3.63) is 84.9 Å². The zero-order valence-corrected chi connectivity index (χ0v) is 17.6. The Bertz CT molecular complexity index is 1100. The minimum absolute atomic E-state index is 0.654. The molecule has 0 saturated heterocycles. The highest BCUT2D eigenvalue weighted by Crippen LogP contribution is 2.39. The molecule has 0 spiro atoms. The van der Waals surface area contributed by atoms with Crippen molar-refractivity contribution in [1.29, 1.82) is 0 Å². The number of hydrogen-bond donors (Lipinski definition) is 0. The highest BCUT2D eigenvalue weighted by molar-refractivity contribution is 7.97. The van der Waals surface area contributed by atoms with Crippen molar-refractivity contribution in [2.75, 3.05) is 0 Å². The summed E-state index contributed by atoms with van der Waals surface area (Å²) in [6.45, 7) is 0. The van der Waals surface area contributed by atoms with Crippen molar-refractivity contribution in [1.82, 2.24) is 0 Å². The van der Waals surface area contributed by atoms with Crippen LogP contribution in [0.3, 0.4) is 0 Å². The van der Waals surface area contributed by atoms with Crippen LogP contribution in [0.15, 0.2) is 99.6 Å². The molecule has 0 aromatic heterocycles. The number of hydrogen-bond acceptors (Lipinski definition) is 4. The summed E-state index contributed by atoms with van der Waals surface area (Å²) in [6, 6.07) is 23.3. The second kappa shape index (κ2) is 9.08. The molecule has 0 aliphatic heterocycles. The molecule has 0 heterocycles. The molecular formula is C21H15F5O4S2. The molecule has 3 aromatic carbocycles. The summed E-state index contributed by atoms with van der Waals surface area (Å²) < 4.78 is 103. The van der Waals surface area contributed by atoms with Gasteiger partial charge in [0.1, 0.15) is 5.75 Å². The number of halogens is 5. The van der Waals surface area contributed by atoms with Crippen molar-refractivity contribution < 1.29 is 39.7 Å². The summed E-state index contributed by atoms with van der Waals surface area (Å²) in [5, 5.41) is -5.71. The third-order valence-corrected chi connectivity index (χ3v) is 7.32. The van der Waals surface area contributed by atoms with E-state index in [0.717, 1.165) is 21.9 Å². The quantitative estimate of drug-likeness (QED) is 0.259. The van der Waals surface area contributed by atoms with Gasteiger partial charge in [0.2, 0.25) is 0 Å². The van der Waals surface area contributed by atoms with E-state index in [0.29, 0.717) is 4.90 Å². The molecule has 3 aromatic rings. The molecule has 3 rings (SSSR count). The van der Waals surface area contributed by atoms with E-state index in [4.69, 9.17) is 0 Å². The van der Waals surface area contributed by atoms with Gasteiger partial charge < -0.3 is 9.29 Å². The van der Waals surface area contributed by atoms with Crippen molar-refractivity contribution in [2.45, 2.75) is 32.2 Å². The molecule has 0 amide bonds. The lowest BCUT2D eigenvalue weighted by atomic mass is 10.3. The number of ether oxygens (including phenoxy) is 1. The fraction of sp³-hybridized carbons (Fsp3) is 0.143. The Balaban J connectivity index is 1.96. The minimum atomic E-state index is -6.63. The molecule has 1 atom stereocenters. The fourth-order valence-electron chi connectivity index (χ4n) is 2.77. The zero-order chi connectivity index (χ0) is 23.6. The molecule has 1 unspecified atom stereocenters. The fourth-order valence-corrected chi connectivity index (χ4v) is 5.30. The van der Waals surface area contributed by atoms with Gasteiger partial charge in [0.15, 0.2) is 24.8 Å². The Morgan fingerprint density at radius 1 is 0.719 bits per heavy atom. The molecule has 4 nitrogen and oxygen atoms in total. The SMILES string of the molecule is O=S(=O)([O-])C(F)(F)C(Oc1ccc([S+](c2ccccc2)c2ccccc2)cc1)C(F)(F)F. The van der Waals surface area contributed by atoms with Crippen molar-refractivity contribution in [3.63, 3.8) is 0 Å². The van der Waals surface area contributed by atoms with Gasteiger partial charge in [-0.2, -0.15) is 22.0 Å². The maximum atomic E-state index is 13.7. The van der Waals surface area contributed by atoms with E-state index < -0.39 is 44.3 Å². The maximum absolute atomic E-state index is 13.7. The Hall–Kier alpha value is -2.63. The number of alkyl halides is 5. The number of benzene rings is 3. The summed E-state index contributed by atoms with van der Waals surface area (Å²) in [5.41, 5.74) is 0. The molecule has 0 radical (unpaired) electrons. The van der Waals surface area contributed by atoms with Crippen LogP contribution >= 0.6 is 0 Å². The van der Waals surface area contributed by atoms with E-state index in [-0.39, 0.29) is 0 Å². The highest BCUT2D eigenvalue weighted by Gasteiger charge is 2.62. The third kappa shape index (κ3) is 5.22. The lowest BCUT2D eigenvalue weighted by Gasteiger charge is -2.30. The van der Waals surface area contributed by atoms with E-state index in [2.05, 4.69) is 4.74 Å². The van der Waals surface area contributed by atoms with Gasteiger partial charge >= 0.3 is 11.4 Å². The summed E-state index contributed by atoms with van der Waals surface area (Å²) in [7, 11) is -7.28. The van der Waals surface area contributed by atoms with E-state index in [9.17, 15) is 34.9 Å². The predicted octanol–water partition coefficient (Wildman–Crippen LogP) is 5.23. The normalized spacial score (nSPS) is 13.7. The van der Waals surface area contributed by atoms with Crippen molar-refractivity contribution in [2.24, 2.45) is 0 Å². The van der Waals surface area contributed by atoms with Gasteiger partial charge in [0.25, 0.3) is 6.10 Å². The van der Waals surface area contributed by atoms with Crippen LogP contribution in [0.4, 0.5) is 22.0 Å². The van der Waals surface area contributed by atoms with E-state index in [1.165, 1.54) is 12.1 Å². The number of rotatable bonds is 7. The van der Waals surface area contributed by atoms with Gasteiger partial charge in [-0.3, -0.25) is 0 Å². The third-order valence-electron chi connectivity index (χ3n) is 4.21. The molecule has 170 valence electrons. The van der Waals surface area contributed by atoms with Crippen molar-refractivity contribution >= 4 is 21.0 Å². The molecular weight excluding hydrogens is 475 g/mol. The van der Waals surface area contributed by atoms with Gasteiger partial charge in [-0.1, -0.05) is 36.4 Å². The van der Waals surface area contributed by atoms with Crippen LogP contribution in [-0.2, 0) is 21.0 Å². The molecule has 0 saturated carbocycles.